The Labute approximate surface area is 175 Å². The number of amides is 1. The zero-order chi connectivity index (χ0) is 21.3. The first kappa shape index (κ1) is 21.0. The van der Waals surface area contributed by atoms with Gasteiger partial charge in [-0.2, -0.15) is 5.10 Å². The van der Waals surface area contributed by atoms with Crippen molar-refractivity contribution in [1.29, 1.82) is 0 Å². The molecule has 152 valence electrons. The van der Waals surface area contributed by atoms with Crippen LogP contribution >= 0.6 is 0 Å². The van der Waals surface area contributed by atoms with Gasteiger partial charge in [-0.05, 0) is 54.4 Å². The fourth-order valence-electron chi connectivity index (χ4n) is 2.73. The van der Waals surface area contributed by atoms with Gasteiger partial charge in [0.15, 0.2) is 6.10 Å². The van der Waals surface area contributed by atoms with Gasteiger partial charge in [-0.3, -0.25) is 4.79 Å². The van der Waals surface area contributed by atoms with Crippen molar-refractivity contribution < 1.29 is 19.1 Å². The quantitative estimate of drug-likeness (QED) is 0.280. The number of rotatable bonds is 7. The number of aryl methyl sites for hydroxylation is 1. The molecule has 0 saturated heterocycles. The van der Waals surface area contributed by atoms with E-state index in [4.69, 9.17) is 9.47 Å². The topological polar surface area (TPSA) is 77.0 Å². The monoisotopic (exact) mass is 402 g/mol. The van der Waals surface area contributed by atoms with Crippen LogP contribution in [0.2, 0.25) is 0 Å². The molecule has 0 aliphatic rings. The molecule has 1 unspecified atom stereocenters. The van der Waals surface area contributed by atoms with Gasteiger partial charge in [0.05, 0.1) is 11.8 Å². The van der Waals surface area contributed by atoms with Gasteiger partial charge in [0, 0.05) is 7.11 Å². The van der Waals surface area contributed by atoms with Crippen molar-refractivity contribution in [2.24, 2.45) is 5.10 Å². The molecule has 6 nitrogen and oxygen atoms in total. The average molecular weight is 402 g/mol. The Morgan fingerprint density at radius 2 is 1.60 bits per heavy atom. The fourth-order valence-corrected chi connectivity index (χ4v) is 2.73. The molecule has 0 heterocycles. The van der Waals surface area contributed by atoms with Crippen molar-refractivity contribution in [3.05, 3.63) is 101 Å². The number of nitrogens with zero attached hydrogens (tertiary/aromatic N) is 1. The smallest absolute Gasteiger partial charge is 0.343 e. The van der Waals surface area contributed by atoms with Crippen LogP contribution in [0.1, 0.15) is 33.2 Å². The molecule has 0 fully saturated rings. The van der Waals surface area contributed by atoms with Crippen LogP contribution in [-0.4, -0.2) is 25.2 Å². The molecule has 0 radical (unpaired) electrons. The van der Waals surface area contributed by atoms with E-state index in [0.29, 0.717) is 11.3 Å². The lowest BCUT2D eigenvalue weighted by atomic mass is 10.1. The first-order valence-corrected chi connectivity index (χ1v) is 9.36. The van der Waals surface area contributed by atoms with Crippen molar-refractivity contribution in [1.82, 2.24) is 5.43 Å². The molecule has 0 aromatic heterocycles. The summed E-state index contributed by atoms with van der Waals surface area (Å²) in [6, 6.07) is 23.1. The first-order valence-electron chi connectivity index (χ1n) is 9.36. The molecule has 1 amide bonds. The molecule has 0 aliphatic heterocycles. The minimum absolute atomic E-state index is 0.372. The maximum atomic E-state index is 12.3. The van der Waals surface area contributed by atoms with Gasteiger partial charge in [-0.25, -0.2) is 10.2 Å². The third-order valence-electron chi connectivity index (χ3n) is 4.34. The Morgan fingerprint density at radius 1 is 0.933 bits per heavy atom. The van der Waals surface area contributed by atoms with Gasteiger partial charge < -0.3 is 9.47 Å². The number of hydrogen-bond acceptors (Lipinski definition) is 5. The summed E-state index contributed by atoms with van der Waals surface area (Å²) < 4.78 is 10.6. The molecule has 1 N–H and O–H groups in total. The van der Waals surface area contributed by atoms with Crippen molar-refractivity contribution in [2.75, 3.05) is 7.11 Å². The van der Waals surface area contributed by atoms with Gasteiger partial charge >= 0.3 is 5.97 Å². The van der Waals surface area contributed by atoms with Gasteiger partial charge in [-0.1, -0.05) is 48.0 Å². The molecule has 0 bridgehead atoms. The van der Waals surface area contributed by atoms with E-state index in [9.17, 15) is 9.59 Å². The van der Waals surface area contributed by atoms with E-state index < -0.39 is 12.1 Å². The van der Waals surface area contributed by atoms with E-state index >= 15 is 0 Å². The average Bonchev–Trinajstić information content (AvgIpc) is 2.77. The molecule has 1 atom stereocenters. The van der Waals surface area contributed by atoms with Crippen LogP contribution in [0.15, 0.2) is 84.0 Å². The maximum Gasteiger partial charge on any atom is 0.343 e. The minimum Gasteiger partial charge on any atom is -0.423 e. The molecule has 0 saturated carbocycles. The molecular formula is C24H22N2O4. The van der Waals surface area contributed by atoms with Gasteiger partial charge in [-0.15, -0.1) is 0 Å². The van der Waals surface area contributed by atoms with Crippen LogP contribution in [0.5, 0.6) is 5.75 Å². The standard InChI is InChI=1S/C24H22N2O4/c1-17-8-12-20(13-9-17)24(28)30-21-14-10-18(11-15-21)16-25-26-23(27)22(29-2)19-6-4-3-5-7-19/h3-16,22H,1-2H3,(H,26,27)/b25-16+. The van der Waals surface area contributed by atoms with E-state index in [1.165, 1.54) is 13.3 Å². The number of carbonyl (C=O) groups excluding carboxylic acids is 2. The molecular weight excluding hydrogens is 380 g/mol. The minimum atomic E-state index is -0.744. The normalized spacial score (nSPS) is 11.8. The van der Waals surface area contributed by atoms with Crippen LogP contribution in [0.4, 0.5) is 0 Å². The summed E-state index contributed by atoms with van der Waals surface area (Å²) in [5.41, 5.74) is 5.51. The van der Waals surface area contributed by atoms with Crippen LogP contribution in [0.25, 0.3) is 0 Å². The lowest BCUT2D eigenvalue weighted by Gasteiger charge is -2.13. The molecule has 30 heavy (non-hydrogen) atoms. The van der Waals surface area contributed by atoms with Crippen molar-refractivity contribution in [3.8, 4) is 5.75 Å². The number of hydrogen-bond donors (Lipinski definition) is 1. The van der Waals surface area contributed by atoms with Crippen LogP contribution in [-0.2, 0) is 9.53 Å². The second kappa shape index (κ2) is 10.1. The predicted octanol–water partition coefficient (Wildman–Crippen LogP) is 4.05. The number of esters is 1. The number of methoxy groups -OCH3 is 1. The molecule has 3 aromatic rings. The first-order chi connectivity index (χ1) is 14.6. The van der Waals surface area contributed by atoms with Crippen molar-refractivity contribution in [2.45, 2.75) is 13.0 Å². The number of nitrogens with one attached hydrogen (secondary N) is 1. The summed E-state index contributed by atoms with van der Waals surface area (Å²) in [4.78, 5) is 24.4. The highest BCUT2D eigenvalue weighted by Gasteiger charge is 2.19. The Balaban J connectivity index is 1.56. The SMILES string of the molecule is COC(C(=O)N/N=C/c1ccc(OC(=O)c2ccc(C)cc2)cc1)c1ccccc1. The van der Waals surface area contributed by atoms with Crippen LogP contribution < -0.4 is 10.2 Å². The molecule has 3 aromatic carbocycles. The zero-order valence-electron chi connectivity index (χ0n) is 16.7. The third kappa shape index (κ3) is 5.62. The summed E-state index contributed by atoms with van der Waals surface area (Å²) in [5, 5.41) is 3.97. The molecule has 0 aliphatic carbocycles. The lowest BCUT2D eigenvalue weighted by molar-refractivity contribution is -0.131. The Hall–Kier alpha value is -3.77. The highest BCUT2D eigenvalue weighted by molar-refractivity contribution is 5.91. The summed E-state index contributed by atoms with van der Waals surface area (Å²) >= 11 is 0. The van der Waals surface area contributed by atoms with Crippen molar-refractivity contribution >= 4 is 18.1 Å². The molecule has 3 rings (SSSR count). The van der Waals surface area contributed by atoms with E-state index in [1.54, 1.807) is 36.4 Å². The van der Waals surface area contributed by atoms with E-state index in [2.05, 4.69) is 10.5 Å². The number of ether oxygens (including phenoxy) is 2. The number of carbonyl (C=O) groups is 2. The largest absolute Gasteiger partial charge is 0.423 e. The maximum absolute atomic E-state index is 12.3. The van der Waals surface area contributed by atoms with Crippen LogP contribution in [0, 0.1) is 6.92 Å². The van der Waals surface area contributed by atoms with Crippen LogP contribution in [0.3, 0.4) is 0 Å². The zero-order valence-corrected chi connectivity index (χ0v) is 16.7. The summed E-state index contributed by atoms with van der Waals surface area (Å²) in [6.45, 7) is 1.95. The van der Waals surface area contributed by atoms with Gasteiger partial charge in [0.1, 0.15) is 5.75 Å². The van der Waals surface area contributed by atoms with Crippen molar-refractivity contribution in [3.63, 3.8) is 0 Å². The lowest BCUT2D eigenvalue weighted by Crippen LogP contribution is -2.26. The summed E-state index contributed by atoms with van der Waals surface area (Å²) in [7, 11) is 1.47. The molecule has 6 heteroatoms. The second-order valence-corrected chi connectivity index (χ2v) is 6.59. The number of benzene rings is 3. The Kier molecular flexibility index (Phi) is 7.08. The van der Waals surface area contributed by atoms with Gasteiger partial charge in [0.25, 0.3) is 5.91 Å². The van der Waals surface area contributed by atoms with E-state index in [0.717, 1.165) is 16.7 Å². The third-order valence-corrected chi connectivity index (χ3v) is 4.34. The molecule has 0 spiro atoms. The predicted molar refractivity (Wildman–Crippen MR) is 115 cm³/mol. The highest BCUT2D eigenvalue weighted by Crippen LogP contribution is 2.16. The highest BCUT2D eigenvalue weighted by atomic mass is 16.5. The fraction of sp³-hybridized carbons (Fsp3) is 0.125. The second-order valence-electron chi connectivity index (χ2n) is 6.59. The summed E-state index contributed by atoms with van der Waals surface area (Å²) in [5.74, 6) is -0.371. The summed E-state index contributed by atoms with van der Waals surface area (Å²) in [6.07, 6.45) is 0.758. The Bertz CT molecular complexity index is 1010. The van der Waals surface area contributed by atoms with E-state index in [1.807, 2.05) is 49.4 Å². The number of hydrazone groups is 1. The van der Waals surface area contributed by atoms with Gasteiger partial charge in [0.2, 0.25) is 0 Å². The van der Waals surface area contributed by atoms with E-state index in [-0.39, 0.29) is 5.91 Å². The Morgan fingerprint density at radius 3 is 2.23 bits per heavy atom.